The number of esters is 1. The summed E-state index contributed by atoms with van der Waals surface area (Å²) in [5.41, 5.74) is 0. The molecule has 1 aliphatic rings. The molecule has 0 aromatic heterocycles. The van der Waals surface area contributed by atoms with Gasteiger partial charge in [-0.2, -0.15) is 0 Å². The molecule has 4 unspecified atom stereocenters. The maximum atomic E-state index is 11.7. The summed E-state index contributed by atoms with van der Waals surface area (Å²) in [6, 6.07) is -1.42. The van der Waals surface area contributed by atoms with Gasteiger partial charge in [0.05, 0.1) is 31.8 Å². The predicted molar refractivity (Wildman–Crippen MR) is 91.2 cm³/mol. The number of amides is 1. The quantitative estimate of drug-likeness (QED) is 0.167. The maximum absolute atomic E-state index is 11.7. The van der Waals surface area contributed by atoms with Crippen LogP contribution in [0.15, 0.2) is 0 Å². The van der Waals surface area contributed by atoms with E-state index in [9.17, 15) is 34.8 Å². The summed E-state index contributed by atoms with van der Waals surface area (Å²) < 4.78 is 15.0. The summed E-state index contributed by atoms with van der Waals surface area (Å²) in [4.78, 5) is 34.5. The Morgan fingerprint density at radius 2 is 1.86 bits per heavy atom. The summed E-state index contributed by atoms with van der Waals surface area (Å²) in [5.74, 6) is -6.58. The fourth-order valence-corrected chi connectivity index (χ4v) is 2.79. The minimum atomic E-state index is -2.90. The molecule has 0 bridgehead atoms. The second-order valence-corrected chi connectivity index (χ2v) is 6.72. The highest BCUT2D eigenvalue weighted by Crippen LogP contribution is 2.32. The van der Waals surface area contributed by atoms with Gasteiger partial charge < -0.3 is 50.2 Å². The minimum Gasteiger partial charge on any atom is -0.477 e. The lowest BCUT2D eigenvalue weighted by Gasteiger charge is -2.45. The van der Waals surface area contributed by atoms with Crippen molar-refractivity contribution in [1.82, 2.24) is 5.32 Å². The smallest absolute Gasteiger partial charge is 0.364 e. The van der Waals surface area contributed by atoms with E-state index in [4.69, 9.17) is 24.4 Å². The molecule has 0 aromatic carbocycles. The van der Waals surface area contributed by atoms with Crippen molar-refractivity contribution < 1.29 is 59.2 Å². The first kappa shape index (κ1) is 25.2. The third-order valence-electron chi connectivity index (χ3n) is 4.06. The normalized spacial score (nSPS) is 30.1. The van der Waals surface area contributed by atoms with Crippen molar-refractivity contribution in [2.45, 2.75) is 62.6 Å². The standard InChI is InChI=1S/C16H27NO12/c1-7(19)5-27-6-9(21)13(23)14-12(17-11(22)4-18)10(28-8(2)20)3-16(26,29-14)15(24)25/h7,9-10,12-14,18-19,21,23,26H,3-6H2,1-2H3,(H,17,22)(H,24,25)/t7?,9?,10-,12+,13?,14+,16?/m0/s1. The zero-order valence-corrected chi connectivity index (χ0v) is 15.9. The highest BCUT2D eigenvalue weighted by atomic mass is 16.7. The van der Waals surface area contributed by atoms with Crippen molar-refractivity contribution in [3.05, 3.63) is 0 Å². The number of carboxylic acids is 1. The van der Waals surface area contributed by atoms with Gasteiger partial charge in [-0.25, -0.2) is 4.79 Å². The minimum absolute atomic E-state index is 0.172. The Hall–Kier alpha value is -1.87. The van der Waals surface area contributed by atoms with E-state index < -0.39 is 79.8 Å². The lowest BCUT2D eigenvalue weighted by molar-refractivity contribution is -0.296. The van der Waals surface area contributed by atoms with Gasteiger partial charge in [0.2, 0.25) is 5.91 Å². The van der Waals surface area contributed by atoms with Crippen LogP contribution in [0.1, 0.15) is 20.3 Å². The Labute approximate surface area is 165 Å². The van der Waals surface area contributed by atoms with Crippen LogP contribution in [0.5, 0.6) is 0 Å². The van der Waals surface area contributed by atoms with Crippen molar-refractivity contribution >= 4 is 17.8 Å². The molecule has 0 radical (unpaired) electrons. The average molecular weight is 425 g/mol. The molecular weight excluding hydrogens is 398 g/mol. The first-order chi connectivity index (χ1) is 13.4. The second kappa shape index (κ2) is 10.8. The molecule has 0 saturated carbocycles. The van der Waals surface area contributed by atoms with Crippen LogP contribution in [0.2, 0.25) is 0 Å². The molecule has 1 aliphatic heterocycles. The molecule has 7 atom stereocenters. The first-order valence-electron chi connectivity index (χ1n) is 8.74. The molecule has 0 aliphatic carbocycles. The average Bonchev–Trinajstić information content (AvgIpc) is 2.61. The van der Waals surface area contributed by atoms with Crippen molar-refractivity contribution in [1.29, 1.82) is 0 Å². The zero-order valence-electron chi connectivity index (χ0n) is 15.9. The monoisotopic (exact) mass is 425 g/mol. The predicted octanol–water partition coefficient (Wildman–Crippen LogP) is -3.92. The van der Waals surface area contributed by atoms with Gasteiger partial charge in [-0.15, -0.1) is 0 Å². The highest BCUT2D eigenvalue weighted by Gasteiger charge is 2.55. The number of carbonyl (C=O) groups excluding carboxylic acids is 2. The molecule has 0 spiro atoms. The van der Waals surface area contributed by atoms with Gasteiger partial charge in [0.1, 0.15) is 31.0 Å². The van der Waals surface area contributed by atoms with Gasteiger partial charge in [-0.3, -0.25) is 9.59 Å². The molecule has 1 rings (SSSR count). The lowest BCUT2D eigenvalue weighted by Crippen LogP contribution is -2.68. The number of aliphatic carboxylic acids is 1. The molecule has 1 saturated heterocycles. The maximum Gasteiger partial charge on any atom is 0.364 e. The number of ether oxygens (including phenoxy) is 3. The van der Waals surface area contributed by atoms with E-state index in [2.05, 4.69) is 5.32 Å². The van der Waals surface area contributed by atoms with Crippen LogP contribution in [0, 0.1) is 0 Å². The molecule has 29 heavy (non-hydrogen) atoms. The summed E-state index contributed by atoms with van der Waals surface area (Å²) in [7, 11) is 0. The van der Waals surface area contributed by atoms with E-state index in [1.54, 1.807) is 0 Å². The molecule has 13 nitrogen and oxygen atoms in total. The molecule has 13 heteroatoms. The first-order valence-corrected chi connectivity index (χ1v) is 8.74. The Morgan fingerprint density at radius 3 is 2.34 bits per heavy atom. The van der Waals surface area contributed by atoms with Crippen LogP contribution >= 0.6 is 0 Å². The van der Waals surface area contributed by atoms with Gasteiger partial charge in [0.25, 0.3) is 5.79 Å². The third kappa shape index (κ3) is 7.15. The Kier molecular flexibility index (Phi) is 9.35. The summed E-state index contributed by atoms with van der Waals surface area (Å²) in [6.07, 6.45) is -8.50. The van der Waals surface area contributed by atoms with Crippen LogP contribution in [0.4, 0.5) is 0 Å². The summed E-state index contributed by atoms with van der Waals surface area (Å²) >= 11 is 0. The van der Waals surface area contributed by atoms with Crippen molar-refractivity contribution in [2.24, 2.45) is 0 Å². The van der Waals surface area contributed by atoms with Gasteiger partial charge in [-0.1, -0.05) is 0 Å². The Bertz CT molecular complexity index is 584. The van der Waals surface area contributed by atoms with E-state index in [0.29, 0.717) is 0 Å². The van der Waals surface area contributed by atoms with Crippen molar-refractivity contribution in [2.75, 3.05) is 19.8 Å². The number of carbonyl (C=O) groups is 3. The number of aliphatic hydroxyl groups is 5. The van der Waals surface area contributed by atoms with E-state index in [0.717, 1.165) is 6.92 Å². The molecule has 1 amide bonds. The van der Waals surface area contributed by atoms with Crippen molar-refractivity contribution in [3.63, 3.8) is 0 Å². The molecular formula is C16H27NO12. The van der Waals surface area contributed by atoms with Gasteiger partial charge >= 0.3 is 11.9 Å². The summed E-state index contributed by atoms with van der Waals surface area (Å²) in [5, 5.41) is 60.4. The van der Waals surface area contributed by atoms with Gasteiger partial charge in [-0.05, 0) is 6.92 Å². The second-order valence-electron chi connectivity index (χ2n) is 6.72. The fourth-order valence-electron chi connectivity index (χ4n) is 2.79. The molecule has 0 aromatic rings. The number of hydrogen-bond donors (Lipinski definition) is 7. The van der Waals surface area contributed by atoms with Crippen LogP contribution in [-0.2, 0) is 28.6 Å². The van der Waals surface area contributed by atoms with Crippen LogP contribution in [0.25, 0.3) is 0 Å². The number of aliphatic hydroxyl groups excluding tert-OH is 4. The van der Waals surface area contributed by atoms with Crippen LogP contribution in [-0.4, -0.2) is 111 Å². The molecule has 7 N–H and O–H groups in total. The van der Waals surface area contributed by atoms with E-state index in [1.807, 2.05) is 0 Å². The van der Waals surface area contributed by atoms with E-state index in [1.165, 1.54) is 6.92 Å². The topological polar surface area (TPSA) is 212 Å². The highest BCUT2D eigenvalue weighted by molar-refractivity contribution is 5.78. The third-order valence-corrected chi connectivity index (χ3v) is 4.06. The number of carboxylic acid groups (broad SMARTS) is 1. The Morgan fingerprint density at radius 1 is 1.24 bits per heavy atom. The molecule has 168 valence electrons. The van der Waals surface area contributed by atoms with Crippen molar-refractivity contribution in [3.8, 4) is 0 Å². The zero-order chi connectivity index (χ0) is 22.4. The van der Waals surface area contributed by atoms with Crippen LogP contribution in [0.3, 0.4) is 0 Å². The largest absolute Gasteiger partial charge is 0.477 e. The molecule has 1 fully saturated rings. The SMILES string of the molecule is CC(=O)O[C@H]1CC(O)(C(=O)O)O[C@@H](C(O)C(O)COCC(C)O)[C@@H]1NC(=O)CO. The van der Waals surface area contributed by atoms with Gasteiger partial charge in [0.15, 0.2) is 0 Å². The van der Waals surface area contributed by atoms with E-state index in [-0.39, 0.29) is 6.61 Å². The Balaban J connectivity index is 3.15. The summed E-state index contributed by atoms with van der Waals surface area (Å²) in [6.45, 7) is 0.773. The lowest BCUT2D eigenvalue weighted by atomic mass is 9.88. The number of rotatable bonds is 10. The number of nitrogens with one attached hydrogen (secondary N) is 1. The van der Waals surface area contributed by atoms with Crippen LogP contribution < -0.4 is 5.32 Å². The van der Waals surface area contributed by atoms with Gasteiger partial charge in [0, 0.05) is 6.92 Å². The van der Waals surface area contributed by atoms with E-state index >= 15 is 0 Å². The fraction of sp³-hybridized carbons (Fsp3) is 0.812. The molecule has 1 heterocycles. The number of hydrogen-bond acceptors (Lipinski definition) is 11.